The fourth-order valence-electron chi connectivity index (χ4n) is 9.42. The molecule has 0 radical (unpaired) electrons. The minimum absolute atomic E-state index is 0.0128. The number of amides is 1. The first kappa shape index (κ1) is 32.0. The molecule has 0 saturated heterocycles. The van der Waals surface area contributed by atoms with Crippen molar-refractivity contribution < 1.29 is 14.3 Å². The van der Waals surface area contributed by atoms with Crippen LogP contribution in [0.25, 0.3) is 0 Å². The second kappa shape index (κ2) is 14.5. The number of hydrogen-bond donors (Lipinski definition) is 1. The lowest BCUT2D eigenvalue weighted by atomic mass is 9.47. The van der Waals surface area contributed by atoms with Crippen molar-refractivity contribution in [3.05, 3.63) is 12.2 Å². The third-order valence-corrected chi connectivity index (χ3v) is 12.8. The third kappa shape index (κ3) is 7.51. The van der Waals surface area contributed by atoms with Crippen LogP contribution in [0.4, 0.5) is 0 Å². The number of hydrogen-bond acceptors (Lipinski definition) is 4. The Kier molecular flexibility index (Phi) is 11.6. The zero-order valence-corrected chi connectivity index (χ0v) is 27.2. The second-order valence-electron chi connectivity index (χ2n) is 14.5. The molecule has 4 nitrogen and oxygen atoms in total. The Morgan fingerprint density at radius 1 is 0.925 bits per heavy atom. The standard InChI is InChI=1S/C35H59NO3S/c1-25(2)40-24-14-12-10-8-6-7-9-11-13-15-33(38)39-26(3)28-17-18-29-27-16-19-31-35(5,23-21-32(37)36-31)30(27)20-22-34(28,29)4/h21,23,25-31H,6-20,22,24H2,1-5H3,(H,36,37)/t26?,27-,28+,29-,30-,31+,34+,35+/m0/s1. The van der Waals surface area contributed by atoms with Gasteiger partial charge >= 0.3 is 5.97 Å². The van der Waals surface area contributed by atoms with Gasteiger partial charge in [-0.15, -0.1) is 0 Å². The Balaban J connectivity index is 1.13. The molecule has 1 heterocycles. The Labute approximate surface area is 250 Å². The average molecular weight is 574 g/mol. The summed E-state index contributed by atoms with van der Waals surface area (Å²) < 4.78 is 6.11. The SMILES string of the molecule is CC(C)SCCCCCCCCCCCC(=O)OC(C)[C@H]1CC[C@H]2[C@@H]3CC[C@H]4NC(=O)C=C[C@]4(C)[C@H]3CC[C@]12C. The molecular weight excluding hydrogens is 514 g/mol. The number of carbonyl (C=O) groups is 2. The van der Waals surface area contributed by atoms with Gasteiger partial charge in [-0.1, -0.05) is 78.7 Å². The average Bonchev–Trinajstić information content (AvgIpc) is 3.27. The smallest absolute Gasteiger partial charge is 0.306 e. The van der Waals surface area contributed by atoms with E-state index in [1.54, 1.807) is 6.08 Å². The van der Waals surface area contributed by atoms with Crippen molar-refractivity contribution in [3.8, 4) is 0 Å². The van der Waals surface area contributed by atoms with E-state index in [0.717, 1.165) is 30.4 Å². The minimum atomic E-state index is 0.0128. The second-order valence-corrected chi connectivity index (χ2v) is 16.2. The van der Waals surface area contributed by atoms with Crippen LogP contribution >= 0.6 is 11.8 Å². The molecule has 0 bridgehead atoms. The van der Waals surface area contributed by atoms with Crippen LogP contribution in [0.5, 0.6) is 0 Å². The third-order valence-electron chi connectivity index (χ3n) is 11.6. The Hall–Kier alpha value is -0.970. The molecule has 8 atom stereocenters. The summed E-state index contributed by atoms with van der Waals surface area (Å²) in [4.78, 5) is 24.8. The van der Waals surface area contributed by atoms with E-state index in [9.17, 15) is 9.59 Å². The molecule has 0 aromatic carbocycles. The molecule has 0 aromatic rings. The maximum absolute atomic E-state index is 12.8. The first-order valence-corrected chi connectivity index (χ1v) is 18.0. The minimum Gasteiger partial charge on any atom is -0.462 e. The van der Waals surface area contributed by atoms with Crippen LogP contribution in [0.15, 0.2) is 12.2 Å². The van der Waals surface area contributed by atoms with E-state index >= 15 is 0 Å². The molecule has 0 aromatic heterocycles. The lowest BCUT2D eigenvalue weighted by Gasteiger charge is -2.59. The molecule has 3 aliphatic carbocycles. The number of fused-ring (bicyclic) bond motifs is 5. The van der Waals surface area contributed by atoms with Crippen LogP contribution in [0, 0.1) is 34.5 Å². The van der Waals surface area contributed by atoms with Crippen LogP contribution in [-0.4, -0.2) is 35.0 Å². The van der Waals surface area contributed by atoms with E-state index in [1.807, 2.05) is 0 Å². The molecule has 3 fully saturated rings. The molecule has 4 rings (SSSR count). The summed E-state index contributed by atoms with van der Waals surface area (Å²) in [7, 11) is 0. The lowest BCUT2D eigenvalue weighted by Crippen LogP contribution is -2.59. The Morgan fingerprint density at radius 3 is 2.30 bits per heavy atom. The maximum Gasteiger partial charge on any atom is 0.306 e. The summed E-state index contributed by atoms with van der Waals surface area (Å²) in [5.74, 6) is 3.95. The van der Waals surface area contributed by atoms with Crippen molar-refractivity contribution in [1.29, 1.82) is 0 Å². The molecule has 0 spiro atoms. The molecular formula is C35H59NO3S. The highest BCUT2D eigenvalue weighted by molar-refractivity contribution is 7.99. The predicted octanol–water partition coefficient (Wildman–Crippen LogP) is 8.87. The van der Waals surface area contributed by atoms with Crippen molar-refractivity contribution in [1.82, 2.24) is 5.32 Å². The Morgan fingerprint density at radius 2 is 1.60 bits per heavy atom. The van der Waals surface area contributed by atoms with E-state index in [-0.39, 0.29) is 34.9 Å². The molecule has 228 valence electrons. The van der Waals surface area contributed by atoms with E-state index in [2.05, 4.69) is 57.8 Å². The highest BCUT2D eigenvalue weighted by Crippen LogP contribution is 2.65. The maximum atomic E-state index is 12.8. The normalized spacial score (nSPS) is 35.5. The van der Waals surface area contributed by atoms with Crippen LogP contribution in [0.3, 0.4) is 0 Å². The highest BCUT2D eigenvalue weighted by Gasteiger charge is 2.60. The van der Waals surface area contributed by atoms with Gasteiger partial charge in [0.05, 0.1) is 0 Å². The fourth-order valence-corrected chi connectivity index (χ4v) is 10.3. The van der Waals surface area contributed by atoms with E-state index in [4.69, 9.17) is 4.74 Å². The van der Waals surface area contributed by atoms with Crippen LogP contribution < -0.4 is 5.32 Å². The number of unbranched alkanes of at least 4 members (excludes halogenated alkanes) is 8. The molecule has 5 heteroatoms. The summed E-state index contributed by atoms with van der Waals surface area (Å²) in [6, 6.07) is 0.288. The van der Waals surface area contributed by atoms with Crippen molar-refractivity contribution in [2.24, 2.45) is 34.5 Å². The molecule has 4 aliphatic rings. The molecule has 3 saturated carbocycles. The van der Waals surface area contributed by atoms with Gasteiger partial charge in [0, 0.05) is 23.8 Å². The first-order valence-electron chi connectivity index (χ1n) is 17.0. The monoisotopic (exact) mass is 573 g/mol. The molecule has 1 unspecified atom stereocenters. The molecule has 1 aliphatic heterocycles. The van der Waals surface area contributed by atoms with E-state index in [1.165, 1.54) is 82.8 Å². The zero-order chi connectivity index (χ0) is 28.8. The van der Waals surface area contributed by atoms with Gasteiger partial charge in [-0.05, 0) is 98.5 Å². The highest BCUT2D eigenvalue weighted by atomic mass is 32.2. The largest absolute Gasteiger partial charge is 0.462 e. The summed E-state index contributed by atoms with van der Waals surface area (Å²) in [6.45, 7) is 11.6. The van der Waals surface area contributed by atoms with Gasteiger partial charge in [-0.2, -0.15) is 11.8 Å². The van der Waals surface area contributed by atoms with E-state index in [0.29, 0.717) is 24.2 Å². The van der Waals surface area contributed by atoms with Crippen LogP contribution in [0.2, 0.25) is 0 Å². The quantitative estimate of drug-likeness (QED) is 0.157. The van der Waals surface area contributed by atoms with Gasteiger partial charge < -0.3 is 10.1 Å². The number of rotatable bonds is 15. The van der Waals surface area contributed by atoms with Gasteiger partial charge in [0.15, 0.2) is 0 Å². The summed E-state index contributed by atoms with van der Waals surface area (Å²) in [5, 5.41) is 4.03. The Bertz CT molecular complexity index is 873. The van der Waals surface area contributed by atoms with Gasteiger partial charge in [-0.3, -0.25) is 9.59 Å². The number of carbonyl (C=O) groups excluding carboxylic acids is 2. The number of ether oxygens (including phenoxy) is 1. The van der Waals surface area contributed by atoms with Gasteiger partial charge in [0.2, 0.25) is 5.91 Å². The van der Waals surface area contributed by atoms with E-state index < -0.39 is 0 Å². The summed E-state index contributed by atoms with van der Waals surface area (Å²) in [6.07, 6.45) is 23.3. The van der Waals surface area contributed by atoms with Crippen molar-refractivity contribution in [2.45, 2.75) is 155 Å². The lowest BCUT2D eigenvalue weighted by molar-refractivity contribution is -0.155. The predicted molar refractivity (Wildman–Crippen MR) is 168 cm³/mol. The van der Waals surface area contributed by atoms with Gasteiger partial charge in [0.25, 0.3) is 0 Å². The molecule has 1 N–H and O–H groups in total. The number of esters is 1. The number of thioether (sulfide) groups is 1. The summed E-state index contributed by atoms with van der Waals surface area (Å²) in [5.41, 5.74) is 0.347. The molecule has 40 heavy (non-hydrogen) atoms. The summed E-state index contributed by atoms with van der Waals surface area (Å²) >= 11 is 2.08. The topological polar surface area (TPSA) is 55.4 Å². The van der Waals surface area contributed by atoms with Crippen molar-refractivity contribution in [3.63, 3.8) is 0 Å². The van der Waals surface area contributed by atoms with Gasteiger partial charge in [0.1, 0.15) is 6.10 Å². The zero-order valence-electron chi connectivity index (χ0n) is 26.3. The fraction of sp³-hybridized carbons (Fsp3) is 0.886. The first-order chi connectivity index (χ1) is 19.1. The van der Waals surface area contributed by atoms with Gasteiger partial charge in [-0.25, -0.2) is 0 Å². The molecule has 1 amide bonds. The van der Waals surface area contributed by atoms with Crippen molar-refractivity contribution in [2.75, 3.05) is 5.75 Å². The van der Waals surface area contributed by atoms with Crippen LogP contribution in [-0.2, 0) is 14.3 Å². The van der Waals surface area contributed by atoms with Crippen molar-refractivity contribution >= 4 is 23.6 Å². The van der Waals surface area contributed by atoms with Crippen LogP contribution in [0.1, 0.15) is 137 Å². The number of nitrogens with one attached hydrogen (secondary N) is 1.